The molecule has 164 valence electrons. The summed E-state index contributed by atoms with van der Waals surface area (Å²) in [6.45, 7) is 3.04. The maximum absolute atomic E-state index is 13.1. The Morgan fingerprint density at radius 2 is 1.84 bits per heavy atom. The van der Waals surface area contributed by atoms with E-state index in [2.05, 4.69) is 5.32 Å². The van der Waals surface area contributed by atoms with Gasteiger partial charge in [0.25, 0.3) is 5.91 Å². The van der Waals surface area contributed by atoms with Crippen LogP contribution in [0.1, 0.15) is 48.1 Å². The molecule has 0 aromatic heterocycles. The van der Waals surface area contributed by atoms with E-state index in [4.69, 9.17) is 16.3 Å². The SMILES string of the molecule is CCOC(=O)[C@@H]1CCCN(C(=O)C[C@@H](NC(=O)c2ccccc2Cl)c2ccccc2)C1. The van der Waals surface area contributed by atoms with E-state index >= 15 is 0 Å². The molecule has 1 fully saturated rings. The van der Waals surface area contributed by atoms with Gasteiger partial charge in [-0.05, 0) is 37.5 Å². The fourth-order valence-corrected chi connectivity index (χ4v) is 4.00. The van der Waals surface area contributed by atoms with E-state index < -0.39 is 6.04 Å². The number of rotatable bonds is 7. The second kappa shape index (κ2) is 11.0. The average molecular weight is 443 g/mol. The normalized spacial score (nSPS) is 17.0. The molecule has 0 aliphatic carbocycles. The number of carbonyl (C=O) groups is 3. The summed E-state index contributed by atoms with van der Waals surface area (Å²) in [6.07, 6.45) is 1.56. The Hall–Kier alpha value is -2.86. The van der Waals surface area contributed by atoms with E-state index in [-0.39, 0.29) is 30.1 Å². The molecule has 2 amide bonds. The largest absolute Gasteiger partial charge is 0.466 e. The predicted octanol–water partition coefficient (Wildman–Crippen LogP) is 4.00. The van der Waals surface area contributed by atoms with Crippen molar-refractivity contribution in [2.75, 3.05) is 19.7 Å². The van der Waals surface area contributed by atoms with Crippen LogP contribution >= 0.6 is 11.6 Å². The van der Waals surface area contributed by atoms with Gasteiger partial charge in [-0.1, -0.05) is 54.1 Å². The summed E-state index contributed by atoms with van der Waals surface area (Å²) in [5.74, 6) is -1.00. The molecule has 0 spiro atoms. The smallest absolute Gasteiger partial charge is 0.310 e. The van der Waals surface area contributed by atoms with Gasteiger partial charge >= 0.3 is 5.97 Å². The number of halogens is 1. The van der Waals surface area contributed by atoms with Gasteiger partial charge in [-0.2, -0.15) is 0 Å². The lowest BCUT2D eigenvalue weighted by molar-refractivity contribution is -0.151. The molecule has 2 aromatic carbocycles. The van der Waals surface area contributed by atoms with E-state index in [0.29, 0.717) is 36.7 Å². The number of hydrogen-bond donors (Lipinski definition) is 1. The zero-order valence-electron chi connectivity index (χ0n) is 17.6. The molecule has 2 atom stereocenters. The molecule has 0 radical (unpaired) electrons. The fraction of sp³-hybridized carbons (Fsp3) is 0.375. The number of esters is 1. The summed E-state index contributed by atoms with van der Waals surface area (Å²) in [6, 6.07) is 15.7. The molecule has 2 aromatic rings. The average Bonchev–Trinajstić information content (AvgIpc) is 2.79. The summed E-state index contributed by atoms with van der Waals surface area (Å²) >= 11 is 6.17. The molecule has 0 bridgehead atoms. The maximum Gasteiger partial charge on any atom is 0.310 e. The highest BCUT2D eigenvalue weighted by Gasteiger charge is 2.31. The van der Waals surface area contributed by atoms with Crippen molar-refractivity contribution in [3.05, 3.63) is 70.7 Å². The van der Waals surface area contributed by atoms with Crippen molar-refractivity contribution in [3.63, 3.8) is 0 Å². The quantitative estimate of drug-likeness (QED) is 0.657. The molecule has 1 heterocycles. The fourth-order valence-electron chi connectivity index (χ4n) is 3.78. The van der Waals surface area contributed by atoms with E-state index in [1.807, 2.05) is 30.3 Å². The molecular weight excluding hydrogens is 416 g/mol. The third kappa shape index (κ3) is 6.07. The second-order valence-electron chi connectivity index (χ2n) is 7.55. The number of amides is 2. The molecule has 3 rings (SSSR count). The van der Waals surface area contributed by atoms with Crippen LogP contribution in [0.15, 0.2) is 54.6 Å². The number of ether oxygens (including phenoxy) is 1. The molecule has 0 unspecified atom stereocenters. The number of nitrogens with one attached hydrogen (secondary N) is 1. The first-order valence-electron chi connectivity index (χ1n) is 10.5. The van der Waals surface area contributed by atoms with Gasteiger partial charge < -0.3 is 15.0 Å². The molecule has 7 heteroatoms. The minimum Gasteiger partial charge on any atom is -0.466 e. The maximum atomic E-state index is 13.1. The van der Waals surface area contributed by atoms with E-state index in [1.54, 1.807) is 36.1 Å². The molecule has 31 heavy (non-hydrogen) atoms. The van der Waals surface area contributed by atoms with Crippen LogP contribution in [0.4, 0.5) is 0 Å². The Labute approximate surface area is 187 Å². The Kier molecular flexibility index (Phi) is 8.06. The minimum absolute atomic E-state index is 0.0930. The third-order valence-electron chi connectivity index (χ3n) is 5.40. The summed E-state index contributed by atoms with van der Waals surface area (Å²) < 4.78 is 5.13. The summed E-state index contributed by atoms with van der Waals surface area (Å²) in [7, 11) is 0. The molecule has 6 nitrogen and oxygen atoms in total. The molecule has 1 N–H and O–H groups in total. The number of nitrogens with zero attached hydrogens (tertiary/aromatic N) is 1. The van der Waals surface area contributed by atoms with Crippen LogP contribution in [0.25, 0.3) is 0 Å². The van der Waals surface area contributed by atoms with Crippen LogP contribution in [-0.4, -0.2) is 42.4 Å². The monoisotopic (exact) mass is 442 g/mol. The van der Waals surface area contributed by atoms with Crippen LogP contribution < -0.4 is 5.32 Å². The number of piperidine rings is 1. The lowest BCUT2D eigenvalue weighted by atomic mass is 9.96. The van der Waals surface area contributed by atoms with Crippen molar-refractivity contribution in [3.8, 4) is 0 Å². The van der Waals surface area contributed by atoms with Crippen molar-refractivity contribution < 1.29 is 19.1 Å². The van der Waals surface area contributed by atoms with Gasteiger partial charge in [-0.3, -0.25) is 14.4 Å². The zero-order chi connectivity index (χ0) is 22.2. The Morgan fingerprint density at radius 3 is 2.55 bits per heavy atom. The summed E-state index contributed by atoms with van der Waals surface area (Å²) in [4.78, 5) is 39.7. The molecule has 1 saturated heterocycles. The summed E-state index contributed by atoms with van der Waals surface area (Å²) in [5, 5.41) is 3.31. The van der Waals surface area contributed by atoms with Gasteiger partial charge in [0.2, 0.25) is 5.91 Å². The summed E-state index contributed by atoms with van der Waals surface area (Å²) in [5.41, 5.74) is 1.19. The van der Waals surface area contributed by atoms with Gasteiger partial charge in [0.05, 0.1) is 35.6 Å². The zero-order valence-corrected chi connectivity index (χ0v) is 18.3. The van der Waals surface area contributed by atoms with Crippen molar-refractivity contribution >= 4 is 29.4 Å². The molecule has 1 aliphatic heterocycles. The lowest BCUT2D eigenvalue weighted by Crippen LogP contribution is -2.44. The van der Waals surface area contributed by atoms with Crippen LogP contribution in [0.5, 0.6) is 0 Å². The Balaban J connectivity index is 1.73. The molecular formula is C24H27ClN2O4. The van der Waals surface area contributed by atoms with Gasteiger partial charge in [-0.25, -0.2) is 0 Å². The number of likely N-dealkylation sites (tertiary alicyclic amines) is 1. The van der Waals surface area contributed by atoms with Crippen molar-refractivity contribution in [1.29, 1.82) is 0 Å². The van der Waals surface area contributed by atoms with E-state index in [1.165, 1.54) is 0 Å². The molecule has 1 aliphatic rings. The van der Waals surface area contributed by atoms with Crippen molar-refractivity contribution in [2.24, 2.45) is 5.92 Å². The van der Waals surface area contributed by atoms with Crippen LogP contribution in [0, 0.1) is 5.92 Å². The third-order valence-corrected chi connectivity index (χ3v) is 5.73. The van der Waals surface area contributed by atoms with Crippen LogP contribution in [0.2, 0.25) is 5.02 Å². The van der Waals surface area contributed by atoms with Gasteiger partial charge in [-0.15, -0.1) is 0 Å². The molecule has 0 saturated carbocycles. The van der Waals surface area contributed by atoms with Gasteiger partial charge in [0, 0.05) is 13.1 Å². The highest BCUT2D eigenvalue weighted by molar-refractivity contribution is 6.33. The van der Waals surface area contributed by atoms with Gasteiger partial charge in [0.1, 0.15) is 0 Å². The van der Waals surface area contributed by atoms with E-state index in [9.17, 15) is 14.4 Å². The van der Waals surface area contributed by atoms with Crippen molar-refractivity contribution in [2.45, 2.75) is 32.2 Å². The lowest BCUT2D eigenvalue weighted by Gasteiger charge is -2.32. The minimum atomic E-state index is -0.513. The number of hydrogen-bond acceptors (Lipinski definition) is 4. The van der Waals surface area contributed by atoms with Crippen molar-refractivity contribution in [1.82, 2.24) is 10.2 Å². The first-order valence-corrected chi connectivity index (χ1v) is 10.9. The van der Waals surface area contributed by atoms with Crippen LogP contribution in [-0.2, 0) is 14.3 Å². The first kappa shape index (κ1) is 22.8. The first-order chi connectivity index (χ1) is 15.0. The van der Waals surface area contributed by atoms with E-state index in [0.717, 1.165) is 12.0 Å². The number of benzene rings is 2. The van der Waals surface area contributed by atoms with Crippen LogP contribution in [0.3, 0.4) is 0 Å². The number of carbonyl (C=O) groups excluding carboxylic acids is 3. The topological polar surface area (TPSA) is 75.7 Å². The standard InChI is InChI=1S/C24H27ClN2O4/c1-2-31-24(30)18-11-8-14-27(16-18)22(28)15-21(17-9-4-3-5-10-17)26-23(29)19-12-6-7-13-20(19)25/h3-7,9-10,12-13,18,21H,2,8,11,14-16H2,1H3,(H,26,29)/t18-,21-/m1/s1. The highest BCUT2D eigenvalue weighted by Crippen LogP contribution is 2.24. The second-order valence-corrected chi connectivity index (χ2v) is 7.96. The van der Waals surface area contributed by atoms with Gasteiger partial charge in [0.15, 0.2) is 0 Å². The predicted molar refractivity (Wildman–Crippen MR) is 119 cm³/mol. The Bertz CT molecular complexity index is 919. The Morgan fingerprint density at radius 1 is 1.13 bits per heavy atom. The highest BCUT2D eigenvalue weighted by atomic mass is 35.5.